The first-order valence-corrected chi connectivity index (χ1v) is 10.9. The summed E-state index contributed by atoms with van der Waals surface area (Å²) < 4.78 is 9.07. The van der Waals surface area contributed by atoms with Crippen LogP contribution in [0.3, 0.4) is 0 Å². The molecule has 1 aliphatic rings. The van der Waals surface area contributed by atoms with Gasteiger partial charge in [0.2, 0.25) is 5.91 Å². The van der Waals surface area contributed by atoms with Crippen LogP contribution in [0, 0.1) is 0 Å². The Hall–Kier alpha value is -1.69. The highest BCUT2D eigenvalue weighted by Crippen LogP contribution is 2.28. The summed E-state index contributed by atoms with van der Waals surface area (Å²) in [5.74, 6) is -0.0626. The molecule has 2 N–H and O–H groups in total. The number of hydrogen-bond donors (Lipinski definition) is 2. The lowest BCUT2D eigenvalue weighted by molar-refractivity contribution is -0.113. The third kappa shape index (κ3) is 4.42. The van der Waals surface area contributed by atoms with E-state index in [-0.39, 0.29) is 23.5 Å². The third-order valence-corrected chi connectivity index (χ3v) is 6.47. The number of thiazole rings is 1. The van der Waals surface area contributed by atoms with Gasteiger partial charge in [-0.05, 0) is 31.0 Å². The number of carbonyl (C=O) groups is 1. The number of ether oxygens (including phenoxy) is 1. The van der Waals surface area contributed by atoms with Crippen LogP contribution in [-0.4, -0.2) is 44.1 Å². The number of carbonyl (C=O) groups excluding carboxylic acids is 1. The van der Waals surface area contributed by atoms with Crippen LogP contribution in [0.1, 0.15) is 12.8 Å². The van der Waals surface area contributed by atoms with E-state index in [0.29, 0.717) is 16.8 Å². The molecule has 8 nitrogen and oxygen atoms in total. The van der Waals surface area contributed by atoms with E-state index in [4.69, 9.17) is 4.74 Å². The summed E-state index contributed by atoms with van der Waals surface area (Å²) >= 11 is 6.05. The fraction of sp³-hybridized carbons (Fsp3) is 0.375. The Balaban J connectivity index is 1.38. The summed E-state index contributed by atoms with van der Waals surface area (Å²) in [7, 11) is 0. The van der Waals surface area contributed by atoms with E-state index in [2.05, 4.69) is 36.4 Å². The molecule has 1 saturated heterocycles. The Morgan fingerprint density at radius 3 is 3.22 bits per heavy atom. The van der Waals surface area contributed by atoms with E-state index < -0.39 is 0 Å². The van der Waals surface area contributed by atoms with E-state index in [0.717, 1.165) is 34.1 Å². The first-order valence-electron chi connectivity index (χ1n) is 8.34. The fourth-order valence-electron chi connectivity index (χ4n) is 2.80. The fourth-order valence-corrected chi connectivity index (χ4v) is 4.99. The average Bonchev–Trinajstić information content (AvgIpc) is 3.35. The smallest absolute Gasteiger partial charge is 0.344 e. The highest BCUT2D eigenvalue weighted by atomic mass is 79.9. The summed E-state index contributed by atoms with van der Waals surface area (Å²) in [5, 5.41) is 10.3. The molecule has 0 spiro atoms. The zero-order valence-corrected chi connectivity index (χ0v) is 17.3. The van der Waals surface area contributed by atoms with Crippen molar-refractivity contribution in [3.63, 3.8) is 0 Å². The number of halogens is 1. The van der Waals surface area contributed by atoms with Gasteiger partial charge >= 0.3 is 5.69 Å². The van der Waals surface area contributed by atoms with Gasteiger partial charge < -0.3 is 10.1 Å². The molecule has 1 aromatic carbocycles. The molecule has 1 unspecified atom stereocenters. The summed E-state index contributed by atoms with van der Waals surface area (Å²) in [6.07, 6.45) is 1.95. The molecule has 142 valence electrons. The predicted molar refractivity (Wildman–Crippen MR) is 108 cm³/mol. The van der Waals surface area contributed by atoms with Crippen LogP contribution in [-0.2, 0) is 16.1 Å². The third-order valence-electron chi connectivity index (χ3n) is 4.06. The maximum absolute atomic E-state index is 12.3. The quantitative estimate of drug-likeness (QED) is 0.538. The van der Waals surface area contributed by atoms with Crippen molar-refractivity contribution in [3.8, 4) is 0 Å². The van der Waals surface area contributed by atoms with Gasteiger partial charge in [-0.1, -0.05) is 39.0 Å². The maximum atomic E-state index is 12.3. The minimum absolute atomic E-state index is 0.0237. The molecular formula is C16H16BrN5O3S2. The lowest BCUT2D eigenvalue weighted by Gasteiger charge is -2.10. The lowest BCUT2D eigenvalue weighted by Crippen LogP contribution is -2.25. The number of nitrogens with one attached hydrogen (secondary N) is 2. The van der Waals surface area contributed by atoms with Crippen LogP contribution in [0.4, 0.5) is 5.13 Å². The van der Waals surface area contributed by atoms with E-state index in [9.17, 15) is 9.59 Å². The number of anilines is 1. The molecule has 27 heavy (non-hydrogen) atoms. The van der Waals surface area contributed by atoms with Crippen molar-refractivity contribution in [2.45, 2.75) is 30.6 Å². The van der Waals surface area contributed by atoms with Crippen molar-refractivity contribution in [1.82, 2.24) is 19.7 Å². The van der Waals surface area contributed by atoms with Crippen molar-refractivity contribution in [1.29, 1.82) is 0 Å². The summed E-state index contributed by atoms with van der Waals surface area (Å²) in [6, 6.07) is 5.77. The second kappa shape index (κ2) is 8.13. The van der Waals surface area contributed by atoms with Gasteiger partial charge in [-0.3, -0.25) is 9.36 Å². The number of hydrogen-bond acceptors (Lipinski definition) is 7. The number of aromatic amines is 1. The van der Waals surface area contributed by atoms with Crippen molar-refractivity contribution >= 4 is 60.3 Å². The maximum Gasteiger partial charge on any atom is 0.344 e. The Morgan fingerprint density at radius 2 is 2.41 bits per heavy atom. The Kier molecular flexibility index (Phi) is 5.62. The number of benzene rings is 1. The number of thioether (sulfide) groups is 1. The van der Waals surface area contributed by atoms with Gasteiger partial charge in [0.15, 0.2) is 10.3 Å². The van der Waals surface area contributed by atoms with Crippen LogP contribution in [0.15, 0.2) is 32.6 Å². The molecule has 1 fully saturated rings. The lowest BCUT2D eigenvalue weighted by atomic mass is 10.2. The second-order valence-electron chi connectivity index (χ2n) is 6.02. The number of H-pyrrole nitrogens is 1. The Labute approximate surface area is 170 Å². The van der Waals surface area contributed by atoms with Gasteiger partial charge in [0, 0.05) is 11.1 Å². The number of fused-ring (bicyclic) bond motifs is 1. The first kappa shape index (κ1) is 18.7. The highest BCUT2D eigenvalue weighted by molar-refractivity contribution is 9.10. The molecule has 1 atom stereocenters. The van der Waals surface area contributed by atoms with Crippen molar-refractivity contribution in [3.05, 3.63) is 33.2 Å². The van der Waals surface area contributed by atoms with Crippen LogP contribution < -0.4 is 11.0 Å². The van der Waals surface area contributed by atoms with Gasteiger partial charge in [-0.2, -0.15) is 0 Å². The highest BCUT2D eigenvalue weighted by Gasteiger charge is 2.20. The van der Waals surface area contributed by atoms with Gasteiger partial charge in [0.05, 0.1) is 28.6 Å². The van der Waals surface area contributed by atoms with Gasteiger partial charge in [0.1, 0.15) is 0 Å². The van der Waals surface area contributed by atoms with Crippen LogP contribution in [0.2, 0.25) is 0 Å². The van der Waals surface area contributed by atoms with Crippen LogP contribution in [0.25, 0.3) is 10.2 Å². The van der Waals surface area contributed by atoms with Gasteiger partial charge in [-0.15, -0.1) is 5.10 Å². The first-order chi connectivity index (χ1) is 13.1. The van der Waals surface area contributed by atoms with E-state index in [1.54, 1.807) is 0 Å². The number of rotatable bonds is 6. The largest absolute Gasteiger partial charge is 0.376 e. The van der Waals surface area contributed by atoms with E-state index in [1.807, 2.05) is 18.2 Å². The zero-order chi connectivity index (χ0) is 18.8. The SMILES string of the molecule is O=C(CSc1n[nH]c(=O)n1CC1CCCO1)Nc1nc2ccc(Br)cc2s1. The minimum atomic E-state index is -0.287. The van der Waals surface area contributed by atoms with Crippen molar-refractivity contribution in [2.75, 3.05) is 17.7 Å². The van der Waals surface area contributed by atoms with Crippen molar-refractivity contribution < 1.29 is 9.53 Å². The monoisotopic (exact) mass is 469 g/mol. The van der Waals surface area contributed by atoms with Crippen molar-refractivity contribution in [2.24, 2.45) is 0 Å². The zero-order valence-electron chi connectivity index (χ0n) is 14.1. The molecule has 1 aliphatic heterocycles. The van der Waals surface area contributed by atoms with E-state index >= 15 is 0 Å². The molecule has 0 aliphatic carbocycles. The molecule has 3 heterocycles. The molecule has 3 aromatic rings. The average molecular weight is 470 g/mol. The number of nitrogens with zero attached hydrogens (tertiary/aromatic N) is 3. The summed E-state index contributed by atoms with van der Waals surface area (Å²) in [5.41, 5.74) is 0.550. The molecule has 0 saturated carbocycles. The predicted octanol–water partition coefficient (Wildman–Crippen LogP) is 2.85. The van der Waals surface area contributed by atoms with Gasteiger partial charge in [0.25, 0.3) is 0 Å². The molecular weight excluding hydrogens is 454 g/mol. The Morgan fingerprint density at radius 1 is 1.52 bits per heavy atom. The molecule has 0 bridgehead atoms. The van der Waals surface area contributed by atoms with Crippen LogP contribution >= 0.6 is 39.0 Å². The standard InChI is InChI=1S/C16H16BrN5O3S2/c17-9-3-4-11-12(6-9)27-14(18-11)19-13(23)8-26-16-21-20-15(24)22(16)7-10-2-1-5-25-10/h3-4,6,10H,1-2,5,7-8H2,(H,20,24)(H,18,19,23). The molecule has 1 amide bonds. The summed E-state index contributed by atoms with van der Waals surface area (Å²) in [4.78, 5) is 28.6. The van der Waals surface area contributed by atoms with E-state index in [1.165, 1.54) is 27.7 Å². The number of amides is 1. The number of aromatic nitrogens is 4. The topological polar surface area (TPSA) is 102 Å². The molecule has 4 rings (SSSR count). The molecule has 11 heteroatoms. The van der Waals surface area contributed by atoms with Gasteiger partial charge in [-0.25, -0.2) is 14.9 Å². The van der Waals surface area contributed by atoms with Crippen LogP contribution in [0.5, 0.6) is 0 Å². The minimum Gasteiger partial charge on any atom is -0.376 e. The molecule has 2 aromatic heterocycles. The Bertz CT molecular complexity index is 1020. The second-order valence-corrected chi connectivity index (χ2v) is 8.91. The summed E-state index contributed by atoms with van der Waals surface area (Å²) in [6.45, 7) is 1.17. The normalized spacial score (nSPS) is 16.9. The molecule has 0 radical (unpaired) electrons.